The van der Waals surface area contributed by atoms with Crippen LogP contribution in [0.5, 0.6) is 0 Å². The molecule has 4 rings (SSSR count). The van der Waals surface area contributed by atoms with Crippen LogP contribution in [0.3, 0.4) is 0 Å². The normalized spacial score (nSPS) is 17.6. The molecule has 2 aliphatic heterocycles. The highest BCUT2D eigenvalue weighted by atomic mass is 15.1. The first-order valence-electron chi connectivity index (χ1n) is 14.1. The molecule has 0 N–H and O–H groups in total. The van der Waals surface area contributed by atoms with Crippen molar-refractivity contribution in [3.8, 4) is 0 Å². The highest BCUT2D eigenvalue weighted by Crippen LogP contribution is 2.27. The Morgan fingerprint density at radius 3 is 1.29 bits per heavy atom. The maximum atomic E-state index is 2.61. The maximum absolute atomic E-state index is 2.61. The van der Waals surface area contributed by atoms with Gasteiger partial charge in [-0.2, -0.15) is 0 Å². The summed E-state index contributed by atoms with van der Waals surface area (Å²) in [6.07, 6.45) is 17.2. The maximum Gasteiger partial charge on any atom is 0.278 e. The number of hydrogen-bond donors (Lipinski definition) is 0. The molecule has 0 saturated heterocycles. The van der Waals surface area contributed by atoms with Crippen LogP contribution in [0.25, 0.3) is 0 Å². The zero-order valence-electron chi connectivity index (χ0n) is 23.5. The van der Waals surface area contributed by atoms with Crippen molar-refractivity contribution < 1.29 is 8.96 Å². The number of rotatable bonds is 6. The molecule has 0 spiro atoms. The van der Waals surface area contributed by atoms with Gasteiger partial charge in [-0.15, -0.1) is 37.9 Å². The van der Waals surface area contributed by atoms with Crippen molar-refractivity contribution in [1.82, 2.24) is 0 Å². The molecule has 0 bridgehead atoms. The number of pyridine rings is 2. The molecule has 4 heterocycles. The Morgan fingerprint density at radius 2 is 1.00 bits per heavy atom. The van der Waals surface area contributed by atoms with Crippen LogP contribution in [-0.4, -0.2) is 40.8 Å². The van der Waals surface area contributed by atoms with Crippen molar-refractivity contribution in [3.63, 3.8) is 0 Å². The van der Waals surface area contributed by atoms with Crippen molar-refractivity contribution in [2.24, 2.45) is 0 Å². The summed E-state index contributed by atoms with van der Waals surface area (Å²) in [6.45, 7) is 9.41. The van der Waals surface area contributed by atoms with E-state index in [9.17, 15) is 0 Å². The highest BCUT2D eigenvalue weighted by Gasteiger charge is 2.38. The molecule has 0 aromatic carbocycles. The van der Waals surface area contributed by atoms with Crippen LogP contribution in [-0.2, 0) is 12.8 Å². The Labute approximate surface area is 210 Å². The monoisotopic (exact) mass is 464 g/mol. The molecule has 0 unspecified atom stereocenters. The fraction of sp³-hybridized carbons (Fsp3) is 0.643. The van der Waals surface area contributed by atoms with Crippen LogP contribution >= 0.6 is 0 Å². The van der Waals surface area contributed by atoms with Crippen LogP contribution in [0.15, 0.2) is 36.7 Å². The van der Waals surface area contributed by atoms with E-state index in [-0.39, 0.29) is 12.6 Å². The molecule has 0 atom stereocenters. The summed E-state index contributed by atoms with van der Waals surface area (Å²) in [5.41, 5.74) is 5.72. The number of aryl methyl sites for hydroxylation is 2. The molecule has 2 aromatic rings. The first-order chi connectivity index (χ1) is 16.3. The highest BCUT2D eigenvalue weighted by molar-refractivity contribution is 6.72. The van der Waals surface area contributed by atoms with Crippen LogP contribution in [0.1, 0.15) is 51.9 Å². The molecule has 0 amide bonds. The lowest BCUT2D eigenvalue weighted by molar-refractivity contribution is -0.561. The van der Waals surface area contributed by atoms with Crippen LogP contribution in [0, 0.1) is 0 Å². The van der Waals surface area contributed by atoms with Crippen LogP contribution in [0.4, 0.5) is 11.4 Å². The van der Waals surface area contributed by atoms with Crippen molar-refractivity contribution in [2.75, 3.05) is 38.0 Å². The molecular formula is C28H50B2N4. The molecule has 34 heavy (non-hydrogen) atoms. The van der Waals surface area contributed by atoms with Gasteiger partial charge in [0.25, 0.3) is 12.6 Å². The first-order valence-corrected chi connectivity index (χ1v) is 14.1. The largest absolute Gasteiger partial charge is 0.424 e. The minimum absolute atomic E-state index is 0.339. The van der Waals surface area contributed by atoms with Gasteiger partial charge in [0.15, 0.2) is 0 Å². The summed E-state index contributed by atoms with van der Waals surface area (Å²) >= 11 is 0. The summed E-state index contributed by atoms with van der Waals surface area (Å²) in [4.78, 5) is 4.39. The molecule has 2 aliphatic rings. The van der Waals surface area contributed by atoms with Crippen LogP contribution in [0.2, 0.25) is 37.9 Å². The molecule has 6 heteroatoms. The van der Waals surface area contributed by atoms with E-state index in [2.05, 4.69) is 111 Å². The van der Waals surface area contributed by atoms with E-state index in [0.29, 0.717) is 0 Å². The standard InChI is InChI=1S/2C14H25BN2/c2*1-5-15(6-2)10-7-8-14-12-13(16(3)4)9-11-17(14)15/h2*9,11-12H,5-8,10H2,1-4H3. The van der Waals surface area contributed by atoms with Gasteiger partial charge in [0.1, 0.15) is 23.8 Å². The summed E-state index contributed by atoms with van der Waals surface area (Å²) in [6, 6.07) is 9.27. The molecule has 0 aliphatic carbocycles. The molecule has 2 aromatic heterocycles. The number of anilines is 2. The average Bonchev–Trinajstić information content (AvgIpc) is 2.87. The quantitative estimate of drug-likeness (QED) is 0.514. The van der Waals surface area contributed by atoms with Gasteiger partial charge in [-0.3, -0.25) is 0 Å². The average molecular weight is 464 g/mol. The Kier molecular flexibility index (Phi) is 8.76. The molecule has 4 nitrogen and oxygen atoms in total. The predicted molar refractivity (Wildman–Crippen MR) is 152 cm³/mol. The van der Waals surface area contributed by atoms with Crippen molar-refractivity contribution in [1.29, 1.82) is 0 Å². The Morgan fingerprint density at radius 1 is 0.647 bits per heavy atom. The summed E-state index contributed by atoms with van der Waals surface area (Å²) in [5, 5.41) is 0. The van der Waals surface area contributed by atoms with Gasteiger partial charge in [-0.1, -0.05) is 40.5 Å². The Bertz CT molecular complexity index is 872. The Balaban J connectivity index is 0.000000191. The van der Waals surface area contributed by atoms with Gasteiger partial charge in [-0.05, 0) is 0 Å². The van der Waals surface area contributed by atoms with Crippen molar-refractivity contribution in [3.05, 3.63) is 48.0 Å². The summed E-state index contributed by atoms with van der Waals surface area (Å²) in [7, 11) is 8.47. The first kappa shape index (κ1) is 26.6. The lowest BCUT2D eigenvalue weighted by Crippen LogP contribution is -2.67. The smallest absolute Gasteiger partial charge is 0.278 e. The van der Waals surface area contributed by atoms with E-state index in [1.807, 2.05) is 0 Å². The van der Waals surface area contributed by atoms with Crippen molar-refractivity contribution in [2.45, 2.75) is 91.3 Å². The van der Waals surface area contributed by atoms with Gasteiger partial charge in [-0.25, -0.2) is 0 Å². The SMILES string of the molecule is CC[B-]1(CC)CCCc2cc(N(C)C)cc[n+]21.CC[B-]1(CC)CCCc2cc(N(C)C)cc[n+]21. The third-order valence-corrected chi connectivity index (χ3v) is 9.71. The minimum Gasteiger partial charge on any atom is -0.424 e. The zero-order chi connectivity index (χ0) is 24.9. The second-order valence-corrected chi connectivity index (χ2v) is 11.6. The molecule has 188 valence electrons. The number of hydrogen-bond acceptors (Lipinski definition) is 2. The van der Waals surface area contributed by atoms with E-state index in [4.69, 9.17) is 0 Å². The molecule has 0 fully saturated rings. The summed E-state index contributed by atoms with van der Waals surface area (Å²) in [5.74, 6) is 0. The van der Waals surface area contributed by atoms with E-state index in [1.54, 1.807) is 0 Å². The van der Waals surface area contributed by atoms with Gasteiger partial charge < -0.3 is 18.8 Å². The molecule has 0 saturated carbocycles. The number of aromatic nitrogens is 2. The number of fused-ring (bicyclic) bond motifs is 2. The van der Waals surface area contributed by atoms with Gasteiger partial charge >= 0.3 is 0 Å². The third-order valence-electron chi connectivity index (χ3n) is 9.71. The van der Waals surface area contributed by atoms with E-state index in [0.717, 1.165) is 0 Å². The minimum atomic E-state index is -0.339. The van der Waals surface area contributed by atoms with Crippen LogP contribution < -0.4 is 18.8 Å². The van der Waals surface area contributed by atoms with E-state index >= 15 is 0 Å². The van der Waals surface area contributed by atoms with Crippen molar-refractivity contribution >= 4 is 23.9 Å². The third kappa shape index (κ3) is 5.16. The zero-order valence-corrected chi connectivity index (χ0v) is 23.5. The van der Waals surface area contributed by atoms with Gasteiger partial charge in [0, 0.05) is 76.7 Å². The van der Waals surface area contributed by atoms with Gasteiger partial charge in [0.2, 0.25) is 0 Å². The molecular weight excluding hydrogens is 414 g/mol. The number of nitrogens with zero attached hydrogens (tertiary/aromatic N) is 4. The molecule has 0 radical (unpaired) electrons. The second-order valence-electron chi connectivity index (χ2n) is 11.6. The van der Waals surface area contributed by atoms with E-state index < -0.39 is 0 Å². The fourth-order valence-electron chi connectivity index (χ4n) is 6.90. The lowest BCUT2D eigenvalue weighted by Gasteiger charge is -2.37. The summed E-state index contributed by atoms with van der Waals surface area (Å²) < 4.78 is 5.22. The fourth-order valence-corrected chi connectivity index (χ4v) is 6.90. The van der Waals surface area contributed by atoms with Gasteiger partial charge in [0.05, 0.1) is 0 Å². The topological polar surface area (TPSA) is 14.2 Å². The predicted octanol–water partition coefficient (Wildman–Crippen LogP) is 5.64. The Hall–Kier alpha value is -1.97. The second kappa shape index (κ2) is 11.2. The lowest BCUT2D eigenvalue weighted by atomic mass is 9.28. The van der Waals surface area contributed by atoms with E-state index in [1.165, 1.54) is 86.4 Å².